The summed E-state index contributed by atoms with van der Waals surface area (Å²) in [4.78, 5) is 33.9. The van der Waals surface area contributed by atoms with E-state index in [1.807, 2.05) is 0 Å². The van der Waals surface area contributed by atoms with Gasteiger partial charge in [0, 0.05) is 19.3 Å². The zero-order valence-corrected chi connectivity index (χ0v) is 13.8. The number of ketones is 2. The van der Waals surface area contributed by atoms with Crippen molar-refractivity contribution in [2.24, 2.45) is 5.73 Å². The minimum atomic E-state index is -0.559. The van der Waals surface area contributed by atoms with E-state index in [0.29, 0.717) is 13.2 Å². The van der Waals surface area contributed by atoms with Gasteiger partial charge in [-0.3, -0.25) is 14.4 Å². The van der Waals surface area contributed by atoms with Gasteiger partial charge in [-0.2, -0.15) is 11.8 Å². The molecule has 0 atom stereocenters. The van der Waals surface area contributed by atoms with Crippen LogP contribution in [0.3, 0.4) is 0 Å². The SMILES string of the molecule is CNC(=O)c1noc2c1C(=O)C=CC2=O.CSCCOCCN. The van der Waals surface area contributed by atoms with Crippen LogP contribution in [0.15, 0.2) is 16.7 Å². The maximum Gasteiger partial charge on any atom is 0.274 e. The zero-order valence-electron chi connectivity index (χ0n) is 13.0. The Kier molecular flexibility index (Phi) is 8.23. The molecule has 0 unspecified atom stereocenters. The Balaban J connectivity index is 0.000000284. The first-order valence-corrected chi connectivity index (χ1v) is 8.21. The monoisotopic (exact) mass is 341 g/mol. The molecule has 126 valence electrons. The highest BCUT2D eigenvalue weighted by Gasteiger charge is 2.31. The average Bonchev–Trinajstić information content (AvgIpc) is 3.01. The third-order valence-corrected chi connectivity index (χ3v) is 3.26. The largest absolute Gasteiger partial charge is 0.379 e. The molecule has 1 amide bonds. The molecule has 0 fully saturated rings. The molecule has 0 radical (unpaired) electrons. The van der Waals surface area contributed by atoms with E-state index in [0.717, 1.165) is 24.5 Å². The lowest BCUT2D eigenvalue weighted by Gasteiger charge is -2.01. The first-order chi connectivity index (χ1) is 11.1. The molecule has 0 aliphatic heterocycles. The molecule has 23 heavy (non-hydrogen) atoms. The van der Waals surface area contributed by atoms with Gasteiger partial charge in [0.1, 0.15) is 5.56 Å². The summed E-state index contributed by atoms with van der Waals surface area (Å²) < 4.78 is 9.74. The second kappa shape index (κ2) is 9.93. The van der Waals surface area contributed by atoms with Crippen LogP contribution in [0, 0.1) is 0 Å². The lowest BCUT2D eigenvalue weighted by atomic mass is 10.00. The molecule has 1 aliphatic carbocycles. The summed E-state index contributed by atoms with van der Waals surface area (Å²) in [6, 6.07) is 0. The fraction of sp³-hybridized carbons (Fsp3) is 0.429. The lowest BCUT2D eigenvalue weighted by Crippen LogP contribution is -2.22. The molecule has 1 aromatic heterocycles. The number of ether oxygens (including phenoxy) is 1. The first kappa shape index (κ1) is 19.1. The minimum Gasteiger partial charge on any atom is -0.379 e. The molecule has 1 aliphatic rings. The standard InChI is InChI=1S/C9H6N2O4.C5H13NOS/c1-10-9(14)7-6-4(12)2-3-5(13)8(6)15-11-7;1-8-5-4-7-3-2-6/h2-3H,1H3,(H,10,14);2-6H2,1H3. The summed E-state index contributed by atoms with van der Waals surface area (Å²) in [7, 11) is 1.40. The number of nitrogens with two attached hydrogens (primary N) is 1. The molecular weight excluding hydrogens is 322 g/mol. The predicted molar refractivity (Wildman–Crippen MR) is 85.9 cm³/mol. The number of nitrogens with one attached hydrogen (secondary N) is 1. The number of hydrogen-bond donors (Lipinski definition) is 2. The van der Waals surface area contributed by atoms with Crippen molar-refractivity contribution in [3.8, 4) is 0 Å². The van der Waals surface area contributed by atoms with E-state index in [1.54, 1.807) is 11.8 Å². The van der Waals surface area contributed by atoms with Gasteiger partial charge in [-0.15, -0.1) is 0 Å². The van der Waals surface area contributed by atoms with E-state index in [-0.39, 0.29) is 17.0 Å². The number of thioether (sulfide) groups is 1. The van der Waals surface area contributed by atoms with Gasteiger partial charge >= 0.3 is 0 Å². The molecule has 0 saturated heterocycles. The second-order valence-corrected chi connectivity index (χ2v) is 5.26. The van der Waals surface area contributed by atoms with Crippen molar-refractivity contribution >= 4 is 29.2 Å². The first-order valence-electron chi connectivity index (χ1n) is 6.82. The van der Waals surface area contributed by atoms with Crippen LogP contribution in [0.1, 0.15) is 31.4 Å². The summed E-state index contributed by atoms with van der Waals surface area (Å²) in [5.74, 6) is -0.589. The van der Waals surface area contributed by atoms with Gasteiger partial charge in [0.05, 0.1) is 13.2 Å². The quantitative estimate of drug-likeness (QED) is 0.708. The van der Waals surface area contributed by atoms with Crippen LogP contribution in [0.2, 0.25) is 0 Å². The minimum absolute atomic E-state index is 0.0677. The molecule has 9 heteroatoms. The summed E-state index contributed by atoms with van der Waals surface area (Å²) >= 11 is 1.79. The van der Waals surface area contributed by atoms with Crippen molar-refractivity contribution in [1.29, 1.82) is 0 Å². The Labute approximate surface area is 137 Å². The van der Waals surface area contributed by atoms with Gasteiger partial charge in [0.25, 0.3) is 5.91 Å². The topological polar surface area (TPSA) is 125 Å². The van der Waals surface area contributed by atoms with Crippen LogP contribution in [-0.2, 0) is 4.74 Å². The second-order valence-electron chi connectivity index (χ2n) is 4.27. The summed E-state index contributed by atoms with van der Waals surface area (Å²) in [5, 5.41) is 5.70. The lowest BCUT2D eigenvalue weighted by molar-refractivity contribution is 0.0944. The average molecular weight is 341 g/mol. The Bertz CT molecular complexity index is 591. The van der Waals surface area contributed by atoms with Gasteiger partial charge < -0.3 is 20.3 Å². The summed E-state index contributed by atoms with van der Waals surface area (Å²) in [6.45, 7) is 2.16. The fourth-order valence-corrected chi connectivity index (χ4v) is 1.88. The third kappa shape index (κ3) is 5.31. The van der Waals surface area contributed by atoms with Crippen LogP contribution in [-0.4, -0.2) is 61.4 Å². The van der Waals surface area contributed by atoms with Crippen LogP contribution in [0.25, 0.3) is 0 Å². The zero-order chi connectivity index (χ0) is 17.2. The van der Waals surface area contributed by atoms with E-state index in [2.05, 4.69) is 21.3 Å². The molecule has 8 nitrogen and oxygen atoms in total. The van der Waals surface area contributed by atoms with Crippen molar-refractivity contribution in [2.45, 2.75) is 0 Å². The van der Waals surface area contributed by atoms with Crippen LogP contribution >= 0.6 is 11.8 Å². The Hall–Kier alpha value is -1.97. The molecule has 1 aromatic rings. The van der Waals surface area contributed by atoms with Gasteiger partial charge in [-0.05, 0) is 18.4 Å². The van der Waals surface area contributed by atoms with Crippen molar-refractivity contribution < 1.29 is 23.6 Å². The van der Waals surface area contributed by atoms with Crippen molar-refractivity contribution in [2.75, 3.05) is 38.8 Å². The number of hydrogen-bond acceptors (Lipinski definition) is 8. The van der Waals surface area contributed by atoms with E-state index in [9.17, 15) is 14.4 Å². The van der Waals surface area contributed by atoms with Gasteiger partial charge in [-0.25, -0.2) is 0 Å². The number of aromatic nitrogens is 1. The van der Waals surface area contributed by atoms with Gasteiger partial charge in [-0.1, -0.05) is 5.16 Å². The molecule has 0 bridgehead atoms. The van der Waals surface area contributed by atoms with Crippen LogP contribution in [0.5, 0.6) is 0 Å². The van der Waals surface area contributed by atoms with Crippen LogP contribution in [0.4, 0.5) is 0 Å². The highest BCUT2D eigenvalue weighted by Crippen LogP contribution is 2.20. The third-order valence-electron chi connectivity index (χ3n) is 2.68. The van der Waals surface area contributed by atoms with Gasteiger partial charge in [0.2, 0.25) is 11.5 Å². The maximum atomic E-state index is 11.4. The Morgan fingerprint density at radius 3 is 2.65 bits per heavy atom. The summed E-state index contributed by atoms with van der Waals surface area (Å²) in [6.07, 6.45) is 4.24. The Morgan fingerprint density at radius 2 is 2.04 bits per heavy atom. The molecular formula is C14H19N3O5S. The predicted octanol–water partition coefficient (Wildman–Crippen LogP) is 0.294. The molecule has 1 heterocycles. The summed E-state index contributed by atoms with van der Waals surface area (Å²) in [5.41, 5.74) is 4.95. The van der Waals surface area contributed by atoms with Crippen molar-refractivity contribution in [3.05, 3.63) is 29.2 Å². The fourth-order valence-electron chi connectivity index (χ4n) is 1.60. The van der Waals surface area contributed by atoms with Crippen molar-refractivity contribution in [1.82, 2.24) is 10.5 Å². The maximum absolute atomic E-state index is 11.4. The smallest absolute Gasteiger partial charge is 0.274 e. The number of nitrogens with zero attached hydrogens (tertiary/aromatic N) is 1. The number of rotatable bonds is 6. The molecule has 0 spiro atoms. The Morgan fingerprint density at radius 1 is 1.35 bits per heavy atom. The molecule has 3 N–H and O–H groups in total. The molecule has 0 saturated carbocycles. The van der Waals surface area contributed by atoms with E-state index in [1.165, 1.54) is 7.05 Å². The number of amides is 1. The highest BCUT2D eigenvalue weighted by atomic mass is 32.2. The van der Waals surface area contributed by atoms with E-state index in [4.69, 9.17) is 10.5 Å². The normalized spacial score (nSPS) is 12.5. The highest BCUT2D eigenvalue weighted by molar-refractivity contribution is 7.98. The van der Waals surface area contributed by atoms with E-state index >= 15 is 0 Å². The number of fused-ring (bicyclic) bond motifs is 1. The number of carbonyl (C=O) groups excluding carboxylic acids is 3. The van der Waals surface area contributed by atoms with Crippen molar-refractivity contribution in [3.63, 3.8) is 0 Å². The van der Waals surface area contributed by atoms with Gasteiger partial charge in [0.15, 0.2) is 11.5 Å². The number of carbonyl (C=O) groups is 3. The van der Waals surface area contributed by atoms with E-state index < -0.39 is 17.5 Å². The molecule has 2 rings (SSSR count). The number of allylic oxidation sites excluding steroid dienone is 2. The molecule has 0 aromatic carbocycles. The van der Waals surface area contributed by atoms with Crippen LogP contribution < -0.4 is 11.1 Å².